The molecule has 22 heavy (non-hydrogen) atoms. The fourth-order valence-corrected chi connectivity index (χ4v) is 3.37. The lowest BCUT2D eigenvalue weighted by molar-refractivity contribution is -0.136. The Balaban J connectivity index is 2.04. The van der Waals surface area contributed by atoms with Gasteiger partial charge in [0.1, 0.15) is 11.1 Å². The SMILES string of the molecule is CC(C)CC(C)NC(=O)C(O)C(O)c1nc2ccccc2s1. The van der Waals surface area contributed by atoms with Gasteiger partial charge in [0.2, 0.25) is 0 Å². The summed E-state index contributed by atoms with van der Waals surface area (Å²) in [6, 6.07) is 7.41. The predicted octanol–water partition coefficient (Wildman–Crippen LogP) is 2.24. The second-order valence-corrected chi connectivity index (χ2v) is 7.01. The second-order valence-electron chi connectivity index (χ2n) is 5.95. The van der Waals surface area contributed by atoms with Crippen LogP contribution in [-0.2, 0) is 4.79 Å². The van der Waals surface area contributed by atoms with E-state index in [0.29, 0.717) is 10.9 Å². The zero-order valence-corrected chi connectivity index (χ0v) is 13.8. The van der Waals surface area contributed by atoms with Crippen molar-refractivity contribution in [2.45, 2.75) is 45.4 Å². The number of nitrogens with one attached hydrogen (secondary N) is 1. The number of fused-ring (bicyclic) bond motifs is 1. The molecule has 1 aromatic carbocycles. The van der Waals surface area contributed by atoms with E-state index in [1.54, 1.807) is 0 Å². The number of para-hydroxylation sites is 1. The first-order chi connectivity index (χ1) is 10.4. The maximum absolute atomic E-state index is 12.0. The standard InChI is InChI=1S/C16H22N2O3S/c1-9(2)8-10(3)17-15(21)13(19)14(20)16-18-11-6-4-5-7-12(11)22-16/h4-7,9-10,13-14,19-20H,8H2,1-3H3,(H,17,21). The molecule has 1 aromatic heterocycles. The van der Waals surface area contributed by atoms with Gasteiger partial charge in [-0.3, -0.25) is 4.79 Å². The molecule has 3 N–H and O–H groups in total. The minimum Gasteiger partial charge on any atom is -0.383 e. The molecule has 2 aromatic rings. The van der Waals surface area contributed by atoms with E-state index in [9.17, 15) is 15.0 Å². The quantitative estimate of drug-likeness (QED) is 0.762. The van der Waals surface area contributed by atoms with Gasteiger partial charge in [0.15, 0.2) is 6.10 Å². The highest BCUT2D eigenvalue weighted by Crippen LogP contribution is 2.28. The number of hydrogen-bond donors (Lipinski definition) is 3. The highest BCUT2D eigenvalue weighted by molar-refractivity contribution is 7.18. The Bertz CT molecular complexity index is 608. The van der Waals surface area contributed by atoms with Crippen molar-refractivity contribution in [1.29, 1.82) is 0 Å². The summed E-state index contributed by atoms with van der Waals surface area (Å²) in [5, 5.41) is 23.3. The van der Waals surface area contributed by atoms with E-state index in [0.717, 1.165) is 16.6 Å². The van der Waals surface area contributed by atoms with Crippen LogP contribution in [0.25, 0.3) is 10.2 Å². The molecule has 1 heterocycles. The summed E-state index contributed by atoms with van der Waals surface area (Å²) in [7, 11) is 0. The molecule has 0 saturated carbocycles. The molecule has 0 fully saturated rings. The van der Waals surface area contributed by atoms with Gasteiger partial charge >= 0.3 is 0 Å². The van der Waals surface area contributed by atoms with Gasteiger partial charge in [-0.2, -0.15) is 0 Å². The first kappa shape index (κ1) is 16.9. The summed E-state index contributed by atoms with van der Waals surface area (Å²) in [5.74, 6) is -0.124. The number of amides is 1. The Kier molecular flexibility index (Phi) is 5.50. The molecule has 0 aliphatic carbocycles. The average Bonchev–Trinajstić information content (AvgIpc) is 2.88. The molecule has 6 heteroatoms. The summed E-state index contributed by atoms with van der Waals surface area (Å²) >= 11 is 1.28. The third-order valence-electron chi connectivity index (χ3n) is 3.34. The lowest BCUT2D eigenvalue weighted by Crippen LogP contribution is -2.43. The maximum Gasteiger partial charge on any atom is 0.252 e. The van der Waals surface area contributed by atoms with Crippen LogP contribution in [0.4, 0.5) is 0 Å². The minimum atomic E-state index is -1.52. The van der Waals surface area contributed by atoms with Gasteiger partial charge in [-0.15, -0.1) is 11.3 Å². The number of carbonyl (C=O) groups excluding carboxylic acids is 1. The van der Waals surface area contributed by atoms with E-state index < -0.39 is 18.1 Å². The summed E-state index contributed by atoms with van der Waals surface area (Å²) in [6.45, 7) is 6.01. The van der Waals surface area contributed by atoms with Crippen molar-refractivity contribution in [3.63, 3.8) is 0 Å². The van der Waals surface area contributed by atoms with Gasteiger partial charge in [0, 0.05) is 6.04 Å². The highest BCUT2D eigenvalue weighted by Gasteiger charge is 2.29. The Morgan fingerprint density at radius 2 is 1.95 bits per heavy atom. The number of aromatic nitrogens is 1. The molecule has 3 atom stereocenters. The normalized spacial score (nSPS) is 15.7. The Morgan fingerprint density at radius 1 is 1.27 bits per heavy atom. The van der Waals surface area contributed by atoms with Gasteiger partial charge in [-0.05, 0) is 31.4 Å². The molecule has 1 amide bonds. The van der Waals surface area contributed by atoms with E-state index in [4.69, 9.17) is 0 Å². The molecule has 3 unspecified atom stereocenters. The molecule has 0 radical (unpaired) electrons. The van der Waals surface area contributed by atoms with Crippen molar-refractivity contribution < 1.29 is 15.0 Å². The third kappa shape index (κ3) is 4.03. The van der Waals surface area contributed by atoms with Crippen molar-refractivity contribution in [3.05, 3.63) is 29.3 Å². The number of benzene rings is 1. The number of carbonyl (C=O) groups is 1. The largest absolute Gasteiger partial charge is 0.383 e. The number of nitrogens with zero attached hydrogens (tertiary/aromatic N) is 1. The van der Waals surface area contributed by atoms with Crippen LogP contribution in [-0.4, -0.2) is 33.3 Å². The Labute approximate surface area is 134 Å². The topological polar surface area (TPSA) is 82.5 Å². The molecule has 0 saturated heterocycles. The number of aliphatic hydroxyl groups is 2. The smallest absolute Gasteiger partial charge is 0.252 e. The molecule has 0 aliphatic heterocycles. The summed E-state index contributed by atoms with van der Waals surface area (Å²) in [5.41, 5.74) is 0.752. The number of hydrogen-bond acceptors (Lipinski definition) is 5. The first-order valence-electron chi connectivity index (χ1n) is 7.40. The maximum atomic E-state index is 12.0. The van der Waals surface area contributed by atoms with E-state index in [-0.39, 0.29) is 6.04 Å². The van der Waals surface area contributed by atoms with Crippen molar-refractivity contribution in [2.24, 2.45) is 5.92 Å². The first-order valence-corrected chi connectivity index (χ1v) is 8.22. The van der Waals surface area contributed by atoms with Gasteiger partial charge in [-0.1, -0.05) is 26.0 Å². The van der Waals surface area contributed by atoms with Crippen molar-refractivity contribution in [1.82, 2.24) is 10.3 Å². The third-order valence-corrected chi connectivity index (χ3v) is 4.45. The van der Waals surface area contributed by atoms with Gasteiger partial charge in [0.05, 0.1) is 10.2 Å². The summed E-state index contributed by atoms with van der Waals surface area (Å²) in [6.07, 6.45) is -2.02. The minimum absolute atomic E-state index is 0.0512. The van der Waals surface area contributed by atoms with Crippen LogP contribution in [0.15, 0.2) is 24.3 Å². The molecule has 0 aliphatic rings. The van der Waals surface area contributed by atoms with E-state index in [1.165, 1.54) is 11.3 Å². The van der Waals surface area contributed by atoms with E-state index in [1.807, 2.05) is 31.2 Å². The zero-order chi connectivity index (χ0) is 16.3. The van der Waals surface area contributed by atoms with Crippen LogP contribution in [0.2, 0.25) is 0 Å². The van der Waals surface area contributed by atoms with Gasteiger partial charge < -0.3 is 15.5 Å². The van der Waals surface area contributed by atoms with E-state index >= 15 is 0 Å². The highest BCUT2D eigenvalue weighted by atomic mass is 32.1. The number of thiazole rings is 1. The second kappa shape index (κ2) is 7.17. The van der Waals surface area contributed by atoms with Crippen LogP contribution >= 0.6 is 11.3 Å². The van der Waals surface area contributed by atoms with Crippen molar-refractivity contribution in [3.8, 4) is 0 Å². The molecule has 5 nitrogen and oxygen atoms in total. The molecule has 0 bridgehead atoms. The Hall–Kier alpha value is -1.50. The fourth-order valence-electron chi connectivity index (χ4n) is 2.39. The van der Waals surface area contributed by atoms with Crippen molar-refractivity contribution >= 4 is 27.5 Å². The number of rotatable bonds is 6. The van der Waals surface area contributed by atoms with E-state index in [2.05, 4.69) is 24.1 Å². The molecular weight excluding hydrogens is 300 g/mol. The monoisotopic (exact) mass is 322 g/mol. The zero-order valence-electron chi connectivity index (χ0n) is 13.0. The average molecular weight is 322 g/mol. The van der Waals surface area contributed by atoms with Crippen LogP contribution in [0.3, 0.4) is 0 Å². The van der Waals surface area contributed by atoms with Gasteiger partial charge in [-0.25, -0.2) is 4.98 Å². The Morgan fingerprint density at radius 3 is 2.59 bits per heavy atom. The van der Waals surface area contributed by atoms with Crippen LogP contribution in [0.1, 0.15) is 38.3 Å². The fraction of sp³-hybridized carbons (Fsp3) is 0.500. The summed E-state index contributed by atoms with van der Waals surface area (Å²) < 4.78 is 0.914. The van der Waals surface area contributed by atoms with Crippen molar-refractivity contribution in [2.75, 3.05) is 0 Å². The summed E-state index contributed by atoms with van der Waals surface area (Å²) in [4.78, 5) is 16.3. The molecular formula is C16H22N2O3S. The van der Waals surface area contributed by atoms with Crippen LogP contribution in [0.5, 0.6) is 0 Å². The molecule has 120 valence electrons. The lowest BCUT2D eigenvalue weighted by atomic mass is 10.0. The van der Waals surface area contributed by atoms with Crippen LogP contribution in [0, 0.1) is 5.92 Å². The molecule has 0 spiro atoms. The van der Waals surface area contributed by atoms with Gasteiger partial charge in [0.25, 0.3) is 5.91 Å². The predicted molar refractivity (Wildman–Crippen MR) is 87.6 cm³/mol. The molecule has 2 rings (SSSR count). The lowest BCUT2D eigenvalue weighted by Gasteiger charge is -2.20. The number of aliphatic hydroxyl groups excluding tert-OH is 2. The van der Waals surface area contributed by atoms with Crippen LogP contribution < -0.4 is 5.32 Å².